The molecule has 1 N–H and O–H groups in total. The van der Waals surface area contributed by atoms with Crippen molar-refractivity contribution in [2.75, 3.05) is 12.3 Å². The number of carbonyl (C=O) groups is 1. The van der Waals surface area contributed by atoms with Crippen molar-refractivity contribution < 1.29 is 9.32 Å². The van der Waals surface area contributed by atoms with Gasteiger partial charge in [0, 0.05) is 43.2 Å². The number of thioether (sulfide) groups is 1. The molecule has 6 nitrogen and oxygen atoms in total. The number of imidazole rings is 1. The largest absolute Gasteiger partial charge is 0.361 e. The highest BCUT2D eigenvalue weighted by atomic mass is 32.2. The Morgan fingerprint density at radius 2 is 2.07 bits per heavy atom. The normalized spacial score (nSPS) is 10.9. The molecule has 1 amide bonds. The van der Waals surface area contributed by atoms with E-state index in [1.54, 1.807) is 18.0 Å². The molecule has 2 aromatic heterocycles. The third-order valence-corrected chi connectivity index (χ3v) is 5.29. The molecular formula is C20H24N4O2S. The van der Waals surface area contributed by atoms with Crippen LogP contribution < -0.4 is 5.32 Å². The molecule has 0 fully saturated rings. The fourth-order valence-electron chi connectivity index (χ4n) is 2.81. The first kappa shape index (κ1) is 19.2. The zero-order chi connectivity index (χ0) is 19.1. The Hall–Kier alpha value is -2.54. The summed E-state index contributed by atoms with van der Waals surface area (Å²) in [4.78, 5) is 16.5. The summed E-state index contributed by atoms with van der Waals surface area (Å²) in [7, 11) is 0. The maximum Gasteiger partial charge on any atom is 0.230 e. The molecular weight excluding hydrogens is 360 g/mol. The lowest BCUT2D eigenvalue weighted by Gasteiger charge is -2.09. The quantitative estimate of drug-likeness (QED) is 0.614. The molecule has 27 heavy (non-hydrogen) atoms. The molecule has 0 unspecified atom stereocenters. The van der Waals surface area contributed by atoms with Crippen LogP contribution in [0.4, 0.5) is 0 Å². The number of hydrogen-bond acceptors (Lipinski definition) is 5. The maximum absolute atomic E-state index is 12.0. The van der Waals surface area contributed by atoms with Crippen molar-refractivity contribution in [1.82, 2.24) is 20.0 Å². The van der Waals surface area contributed by atoms with Crippen molar-refractivity contribution in [3.05, 3.63) is 71.1 Å². The summed E-state index contributed by atoms with van der Waals surface area (Å²) in [5, 5.41) is 6.90. The molecule has 0 spiro atoms. The molecule has 2 heterocycles. The molecule has 3 aromatic rings. The van der Waals surface area contributed by atoms with Crippen molar-refractivity contribution in [1.29, 1.82) is 0 Å². The van der Waals surface area contributed by atoms with Gasteiger partial charge in [-0.25, -0.2) is 4.98 Å². The number of benzene rings is 1. The zero-order valence-electron chi connectivity index (χ0n) is 15.6. The SMILES string of the molecule is Cc1noc(C)c1CSCC(=O)NCCc1nccn1Cc1ccccc1. The predicted octanol–water partition coefficient (Wildman–Crippen LogP) is 3.13. The van der Waals surface area contributed by atoms with Crippen LogP contribution >= 0.6 is 11.8 Å². The number of aryl methyl sites for hydroxylation is 2. The van der Waals surface area contributed by atoms with Gasteiger partial charge in [0.25, 0.3) is 0 Å². The van der Waals surface area contributed by atoms with Gasteiger partial charge in [0.1, 0.15) is 11.6 Å². The summed E-state index contributed by atoms with van der Waals surface area (Å²) in [6.07, 6.45) is 4.49. The number of hydrogen-bond donors (Lipinski definition) is 1. The van der Waals surface area contributed by atoms with E-state index in [9.17, 15) is 4.79 Å². The lowest BCUT2D eigenvalue weighted by Crippen LogP contribution is -2.28. The van der Waals surface area contributed by atoms with Crippen molar-refractivity contribution >= 4 is 17.7 Å². The van der Waals surface area contributed by atoms with Gasteiger partial charge < -0.3 is 14.4 Å². The third kappa shape index (κ3) is 5.47. The highest BCUT2D eigenvalue weighted by molar-refractivity contribution is 7.99. The second-order valence-electron chi connectivity index (χ2n) is 6.35. The fourth-order valence-corrected chi connectivity index (χ4v) is 3.82. The minimum Gasteiger partial charge on any atom is -0.361 e. The van der Waals surface area contributed by atoms with Crippen molar-refractivity contribution in [3.8, 4) is 0 Å². The Labute approximate surface area is 163 Å². The summed E-state index contributed by atoms with van der Waals surface area (Å²) >= 11 is 1.57. The third-order valence-electron chi connectivity index (χ3n) is 4.33. The molecule has 0 radical (unpaired) electrons. The Kier molecular flexibility index (Phi) is 6.70. The Bertz CT molecular complexity index is 854. The van der Waals surface area contributed by atoms with E-state index < -0.39 is 0 Å². The topological polar surface area (TPSA) is 73.0 Å². The van der Waals surface area contributed by atoms with E-state index in [0.717, 1.165) is 35.1 Å². The first-order valence-corrected chi connectivity index (χ1v) is 10.1. The molecule has 142 valence electrons. The maximum atomic E-state index is 12.0. The predicted molar refractivity (Wildman–Crippen MR) is 107 cm³/mol. The number of nitrogens with zero attached hydrogens (tertiary/aromatic N) is 3. The Balaban J connectivity index is 1.40. The van der Waals surface area contributed by atoms with Crippen LogP contribution in [0.5, 0.6) is 0 Å². The number of amides is 1. The van der Waals surface area contributed by atoms with Crippen molar-refractivity contribution in [3.63, 3.8) is 0 Å². The van der Waals surface area contributed by atoms with Crippen LogP contribution in [0, 0.1) is 13.8 Å². The average molecular weight is 385 g/mol. The lowest BCUT2D eigenvalue weighted by atomic mass is 10.2. The highest BCUT2D eigenvalue weighted by Crippen LogP contribution is 2.19. The number of carbonyl (C=O) groups excluding carboxylic acids is 1. The number of nitrogens with one attached hydrogen (secondary N) is 1. The summed E-state index contributed by atoms with van der Waals surface area (Å²) in [6.45, 7) is 5.19. The molecule has 0 saturated heterocycles. The van der Waals surface area contributed by atoms with Gasteiger partial charge in [-0.2, -0.15) is 0 Å². The van der Waals surface area contributed by atoms with E-state index in [1.807, 2.05) is 38.2 Å². The molecule has 7 heteroatoms. The summed E-state index contributed by atoms with van der Waals surface area (Å²) < 4.78 is 7.26. The van der Waals surface area contributed by atoms with E-state index in [1.165, 1.54) is 5.56 Å². The van der Waals surface area contributed by atoms with Gasteiger partial charge in [0.15, 0.2) is 0 Å². The minimum absolute atomic E-state index is 0.0351. The molecule has 0 aliphatic rings. The first-order chi connectivity index (χ1) is 13.1. The first-order valence-electron chi connectivity index (χ1n) is 8.93. The molecule has 3 rings (SSSR count). The van der Waals surface area contributed by atoms with Crippen LogP contribution in [-0.2, 0) is 23.5 Å². The van der Waals surface area contributed by atoms with E-state index in [0.29, 0.717) is 18.7 Å². The van der Waals surface area contributed by atoms with Gasteiger partial charge in [-0.15, -0.1) is 11.8 Å². The number of aromatic nitrogens is 3. The monoisotopic (exact) mass is 384 g/mol. The van der Waals surface area contributed by atoms with Crippen LogP contribution in [0.3, 0.4) is 0 Å². The molecule has 0 atom stereocenters. The lowest BCUT2D eigenvalue weighted by molar-refractivity contribution is -0.118. The van der Waals surface area contributed by atoms with Crippen LogP contribution in [0.2, 0.25) is 0 Å². The van der Waals surface area contributed by atoms with Gasteiger partial charge >= 0.3 is 0 Å². The summed E-state index contributed by atoms with van der Waals surface area (Å²) in [5.74, 6) is 2.99. The van der Waals surface area contributed by atoms with Crippen LogP contribution in [0.25, 0.3) is 0 Å². The van der Waals surface area contributed by atoms with Gasteiger partial charge in [0.2, 0.25) is 5.91 Å². The van der Waals surface area contributed by atoms with Gasteiger partial charge in [0.05, 0.1) is 11.4 Å². The summed E-state index contributed by atoms with van der Waals surface area (Å²) in [5.41, 5.74) is 3.21. The Morgan fingerprint density at radius 3 is 2.81 bits per heavy atom. The van der Waals surface area contributed by atoms with Crippen molar-refractivity contribution in [2.24, 2.45) is 0 Å². The van der Waals surface area contributed by atoms with Crippen molar-refractivity contribution in [2.45, 2.75) is 32.6 Å². The van der Waals surface area contributed by atoms with Gasteiger partial charge in [-0.1, -0.05) is 35.5 Å². The molecule has 1 aromatic carbocycles. The molecule has 0 bridgehead atoms. The van der Waals surface area contributed by atoms with Crippen LogP contribution in [-0.4, -0.2) is 32.9 Å². The van der Waals surface area contributed by atoms with E-state index in [2.05, 4.69) is 32.2 Å². The van der Waals surface area contributed by atoms with Crippen LogP contribution in [0.15, 0.2) is 47.2 Å². The smallest absolute Gasteiger partial charge is 0.230 e. The second-order valence-corrected chi connectivity index (χ2v) is 7.34. The number of rotatable bonds is 9. The van der Waals surface area contributed by atoms with Gasteiger partial charge in [-0.05, 0) is 19.4 Å². The van der Waals surface area contributed by atoms with Crippen LogP contribution in [0.1, 0.15) is 28.4 Å². The molecule has 0 aliphatic carbocycles. The summed E-state index contributed by atoms with van der Waals surface area (Å²) in [6, 6.07) is 10.3. The molecule has 0 saturated carbocycles. The molecule has 0 aliphatic heterocycles. The van der Waals surface area contributed by atoms with E-state index in [4.69, 9.17) is 4.52 Å². The second kappa shape index (κ2) is 9.41. The zero-order valence-corrected chi connectivity index (χ0v) is 16.5. The standard InChI is InChI=1S/C20H24N4O2S/c1-15-18(16(2)26-23-15)13-27-14-20(25)22-9-8-19-21-10-11-24(19)12-17-6-4-3-5-7-17/h3-7,10-11H,8-9,12-14H2,1-2H3,(H,22,25). The van der Waals surface area contributed by atoms with Gasteiger partial charge in [-0.3, -0.25) is 4.79 Å². The minimum atomic E-state index is 0.0351. The Morgan fingerprint density at radius 1 is 1.26 bits per heavy atom. The highest BCUT2D eigenvalue weighted by Gasteiger charge is 2.10. The fraction of sp³-hybridized carbons (Fsp3) is 0.350. The average Bonchev–Trinajstić information content (AvgIpc) is 3.23. The van der Waals surface area contributed by atoms with E-state index >= 15 is 0 Å². The van der Waals surface area contributed by atoms with E-state index in [-0.39, 0.29) is 5.91 Å².